The van der Waals surface area contributed by atoms with Gasteiger partial charge in [0.05, 0.1) is 5.02 Å². The highest BCUT2D eigenvalue weighted by atomic mass is 35.5. The van der Waals surface area contributed by atoms with E-state index in [9.17, 15) is 5.11 Å². The van der Waals surface area contributed by atoms with Crippen LogP contribution < -0.4 is 10.1 Å². The molecule has 0 aliphatic carbocycles. The fourth-order valence-corrected chi connectivity index (χ4v) is 2.50. The number of aliphatic hydroxyl groups excluding tert-OH is 1. The zero-order valence-electron chi connectivity index (χ0n) is 11.1. The van der Waals surface area contributed by atoms with E-state index in [1.54, 1.807) is 30.0 Å². The van der Waals surface area contributed by atoms with Crippen molar-refractivity contribution in [3.8, 4) is 5.75 Å². The van der Waals surface area contributed by atoms with Crippen molar-refractivity contribution in [1.82, 2.24) is 5.32 Å². The molecule has 112 valence electrons. The molecule has 0 spiro atoms. The second kappa shape index (κ2) is 10.4. The van der Waals surface area contributed by atoms with E-state index in [0.29, 0.717) is 22.3 Å². The highest BCUT2D eigenvalue weighted by Crippen LogP contribution is 2.27. The van der Waals surface area contributed by atoms with Crippen LogP contribution in [0, 0.1) is 0 Å². The van der Waals surface area contributed by atoms with Gasteiger partial charge in [0.2, 0.25) is 0 Å². The molecule has 0 amide bonds. The van der Waals surface area contributed by atoms with E-state index in [1.165, 1.54) is 0 Å². The standard InChI is InChI=1S/C14H19Cl2NO2S/c1-2-6-20-7-5-17-9-12(18)10-19-14-4-3-11(15)8-13(14)16/h2-4,8,12,17-18H,1,5-7,9-10H2. The maximum atomic E-state index is 9.78. The molecule has 1 atom stereocenters. The van der Waals surface area contributed by atoms with Gasteiger partial charge in [-0.15, -0.1) is 6.58 Å². The zero-order chi connectivity index (χ0) is 14.8. The van der Waals surface area contributed by atoms with Crippen molar-refractivity contribution < 1.29 is 9.84 Å². The number of ether oxygens (including phenoxy) is 1. The maximum absolute atomic E-state index is 9.78. The summed E-state index contributed by atoms with van der Waals surface area (Å²) in [4.78, 5) is 0. The number of benzene rings is 1. The van der Waals surface area contributed by atoms with Crippen LogP contribution in [0.5, 0.6) is 5.75 Å². The van der Waals surface area contributed by atoms with E-state index in [1.807, 2.05) is 6.08 Å². The number of thioether (sulfide) groups is 1. The van der Waals surface area contributed by atoms with Crippen LogP contribution >= 0.6 is 35.0 Å². The molecule has 20 heavy (non-hydrogen) atoms. The van der Waals surface area contributed by atoms with Crippen molar-refractivity contribution in [3.63, 3.8) is 0 Å². The van der Waals surface area contributed by atoms with Gasteiger partial charge in [-0.3, -0.25) is 0 Å². The Bertz CT molecular complexity index is 418. The third-order valence-electron chi connectivity index (χ3n) is 2.36. The first-order valence-electron chi connectivity index (χ1n) is 6.28. The molecule has 0 fully saturated rings. The zero-order valence-corrected chi connectivity index (χ0v) is 13.5. The van der Waals surface area contributed by atoms with Crippen molar-refractivity contribution in [2.45, 2.75) is 6.10 Å². The van der Waals surface area contributed by atoms with Crippen LogP contribution in [-0.4, -0.2) is 42.4 Å². The third-order valence-corrected chi connectivity index (χ3v) is 3.86. The van der Waals surface area contributed by atoms with Crippen LogP contribution in [0.1, 0.15) is 0 Å². The molecule has 6 heteroatoms. The first-order valence-corrected chi connectivity index (χ1v) is 8.20. The van der Waals surface area contributed by atoms with Crippen LogP contribution in [0.15, 0.2) is 30.9 Å². The van der Waals surface area contributed by atoms with Crippen molar-refractivity contribution in [2.24, 2.45) is 0 Å². The summed E-state index contributed by atoms with van der Waals surface area (Å²) in [5.74, 6) is 2.46. The Balaban J connectivity index is 2.16. The lowest BCUT2D eigenvalue weighted by Gasteiger charge is -2.14. The summed E-state index contributed by atoms with van der Waals surface area (Å²) in [6.07, 6.45) is 1.30. The number of hydrogen-bond acceptors (Lipinski definition) is 4. The normalized spacial score (nSPS) is 12.2. The van der Waals surface area contributed by atoms with Crippen molar-refractivity contribution >= 4 is 35.0 Å². The molecule has 1 aromatic rings. The Hall–Kier alpha value is -0.390. The molecule has 1 unspecified atom stereocenters. The average molecular weight is 336 g/mol. The molecule has 0 bridgehead atoms. The first-order chi connectivity index (χ1) is 9.63. The SMILES string of the molecule is C=CCSCCNCC(O)COc1ccc(Cl)cc1Cl. The number of hydrogen-bond donors (Lipinski definition) is 2. The summed E-state index contributed by atoms with van der Waals surface area (Å²) in [6, 6.07) is 5.00. The van der Waals surface area contributed by atoms with Crippen LogP contribution in [0.4, 0.5) is 0 Å². The van der Waals surface area contributed by atoms with E-state index in [0.717, 1.165) is 18.1 Å². The fourth-order valence-electron chi connectivity index (χ4n) is 1.42. The molecule has 3 nitrogen and oxygen atoms in total. The minimum Gasteiger partial charge on any atom is -0.489 e. The lowest BCUT2D eigenvalue weighted by Crippen LogP contribution is -2.32. The van der Waals surface area contributed by atoms with Gasteiger partial charge >= 0.3 is 0 Å². The predicted octanol–water partition coefficient (Wildman–Crippen LogP) is 3.24. The second-order valence-corrected chi connectivity index (χ2v) is 6.10. The predicted molar refractivity (Wildman–Crippen MR) is 88.4 cm³/mol. The van der Waals surface area contributed by atoms with Gasteiger partial charge in [-0.2, -0.15) is 11.8 Å². The molecule has 0 saturated carbocycles. The number of rotatable bonds is 10. The smallest absolute Gasteiger partial charge is 0.138 e. The van der Waals surface area contributed by atoms with Gasteiger partial charge in [-0.25, -0.2) is 0 Å². The van der Waals surface area contributed by atoms with Gasteiger partial charge in [0, 0.05) is 29.6 Å². The average Bonchev–Trinajstić information content (AvgIpc) is 2.41. The third kappa shape index (κ3) is 7.41. The lowest BCUT2D eigenvalue weighted by atomic mass is 10.3. The van der Waals surface area contributed by atoms with Crippen molar-refractivity contribution in [3.05, 3.63) is 40.9 Å². The summed E-state index contributed by atoms with van der Waals surface area (Å²) in [5, 5.41) is 13.9. The highest BCUT2D eigenvalue weighted by Gasteiger charge is 2.07. The van der Waals surface area contributed by atoms with Gasteiger partial charge in [0.25, 0.3) is 0 Å². The summed E-state index contributed by atoms with van der Waals surface area (Å²) in [7, 11) is 0. The van der Waals surface area contributed by atoms with E-state index in [-0.39, 0.29) is 6.61 Å². The van der Waals surface area contributed by atoms with Gasteiger partial charge in [-0.1, -0.05) is 29.3 Å². The van der Waals surface area contributed by atoms with Crippen LogP contribution in [0.2, 0.25) is 10.0 Å². The van der Waals surface area contributed by atoms with Gasteiger partial charge in [0.1, 0.15) is 18.5 Å². The Kier molecular flexibility index (Phi) is 9.14. The largest absolute Gasteiger partial charge is 0.489 e. The van der Waals surface area contributed by atoms with Crippen LogP contribution in [0.25, 0.3) is 0 Å². The van der Waals surface area contributed by atoms with Crippen LogP contribution in [-0.2, 0) is 0 Å². The number of nitrogens with one attached hydrogen (secondary N) is 1. The van der Waals surface area contributed by atoms with Gasteiger partial charge in [-0.05, 0) is 18.2 Å². The maximum Gasteiger partial charge on any atom is 0.138 e. The molecule has 0 radical (unpaired) electrons. The Morgan fingerprint density at radius 1 is 1.45 bits per heavy atom. The fraction of sp³-hybridized carbons (Fsp3) is 0.429. The molecular formula is C14H19Cl2NO2S. The number of aliphatic hydroxyl groups is 1. The van der Waals surface area contributed by atoms with Gasteiger partial charge in [0.15, 0.2) is 0 Å². The van der Waals surface area contributed by atoms with E-state index in [4.69, 9.17) is 27.9 Å². The van der Waals surface area contributed by atoms with Gasteiger partial charge < -0.3 is 15.2 Å². The van der Waals surface area contributed by atoms with E-state index in [2.05, 4.69) is 11.9 Å². The summed E-state index contributed by atoms with van der Waals surface area (Å²) in [6.45, 7) is 5.17. The molecule has 0 aromatic heterocycles. The summed E-state index contributed by atoms with van der Waals surface area (Å²) >= 11 is 13.6. The monoisotopic (exact) mass is 335 g/mol. The Morgan fingerprint density at radius 3 is 2.95 bits per heavy atom. The quantitative estimate of drug-likeness (QED) is 0.508. The summed E-state index contributed by atoms with van der Waals surface area (Å²) in [5.41, 5.74) is 0. The Morgan fingerprint density at radius 2 is 2.25 bits per heavy atom. The topological polar surface area (TPSA) is 41.5 Å². The molecule has 0 heterocycles. The molecule has 1 rings (SSSR count). The molecule has 2 N–H and O–H groups in total. The number of halogens is 2. The van der Waals surface area contributed by atoms with E-state index >= 15 is 0 Å². The molecule has 1 aromatic carbocycles. The Labute approximate surface area is 134 Å². The highest BCUT2D eigenvalue weighted by molar-refractivity contribution is 7.99. The molecular weight excluding hydrogens is 317 g/mol. The summed E-state index contributed by atoms with van der Waals surface area (Å²) < 4.78 is 5.45. The molecule has 0 aliphatic rings. The van der Waals surface area contributed by atoms with Crippen LogP contribution in [0.3, 0.4) is 0 Å². The second-order valence-electron chi connectivity index (χ2n) is 4.11. The minimum absolute atomic E-state index is 0.189. The van der Waals surface area contributed by atoms with Crippen molar-refractivity contribution in [1.29, 1.82) is 0 Å². The molecule has 0 saturated heterocycles. The molecule has 0 aliphatic heterocycles. The first kappa shape index (κ1) is 17.7. The van der Waals surface area contributed by atoms with Crippen molar-refractivity contribution in [2.75, 3.05) is 31.2 Å². The minimum atomic E-state index is -0.578. The lowest BCUT2D eigenvalue weighted by molar-refractivity contribution is 0.107. The van der Waals surface area contributed by atoms with E-state index < -0.39 is 6.10 Å².